The van der Waals surface area contributed by atoms with Crippen molar-refractivity contribution in [2.45, 2.75) is 26.9 Å². The average Bonchev–Trinajstić information content (AvgIpc) is 2.85. The molecule has 1 atom stereocenters. The zero-order chi connectivity index (χ0) is 12.4. The highest BCUT2D eigenvalue weighted by Crippen LogP contribution is 2.32. The smallest absolute Gasteiger partial charge is 0.261 e. The van der Waals surface area contributed by atoms with Crippen molar-refractivity contribution in [3.05, 3.63) is 16.8 Å². The Labute approximate surface area is 104 Å². The molecular weight excluding hydrogens is 238 g/mol. The van der Waals surface area contributed by atoms with Crippen LogP contribution in [0.2, 0.25) is 0 Å². The Morgan fingerprint density at radius 1 is 1.59 bits per heavy atom. The van der Waals surface area contributed by atoms with E-state index >= 15 is 0 Å². The van der Waals surface area contributed by atoms with Crippen molar-refractivity contribution in [3.8, 4) is 11.5 Å². The number of hydrogen-bond donors (Lipinski definition) is 1. The topological polar surface area (TPSA) is 74.2 Å². The van der Waals surface area contributed by atoms with Gasteiger partial charge in [0.2, 0.25) is 5.82 Å². The second-order valence-corrected chi connectivity index (χ2v) is 4.98. The number of hydrogen-bond acceptors (Lipinski definition) is 6. The van der Waals surface area contributed by atoms with Gasteiger partial charge in [-0.15, -0.1) is 11.3 Å². The van der Waals surface area contributed by atoms with Gasteiger partial charge < -0.3 is 15.0 Å². The fourth-order valence-corrected chi connectivity index (χ4v) is 2.31. The molecule has 2 N–H and O–H groups in total. The largest absolute Gasteiger partial charge is 0.390 e. The van der Waals surface area contributed by atoms with Crippen molar-refractivity contribution in [1.82, 2.24) is 10.1 Å². The minimum atomic E-state index is -0.168. The van der Waals surface area contributed by atoms with Crippen LogP contribution >= 0.6 is 11.3 Å². The summed E-state index contributed by atoms with van der Waals surface area (Å²) in [6.45, 7) is 6.42. The molecule has 0 saturated carbocycles. The van der Waals surface area contributed by atoms with Gasteiger partial charge in [0.15, 0.2) is 0 Å². The number of nitrogen functional groups attached to an aromatic ring is 1. The normalized spacial score (nSPS) is 12.9. The van der Waals surface area contributed by atoms with Crippen LogP contribution in [0.3, 0.4) is 0 Å². The first-order valence-electron chi connectivity index (χ1n) is 5.43. The summed E-state index contributed by atoms with van der Waals surface area (Å²) in [5.41, 5.74) is 6.68. The van der Waals surface area contributed by atoms with Crippen molar-refractivity contribution < 1.29 is 9.26 Å². The van der Waals surface area contributed by atoms with Crippen LogP contribution in [0.15, 0.2) is 10.6 Å². The van der Waals surface area contributed by atoms with Crippen molar-refractivity contribution in [2.75, 3.05) is 12.3 Å². The van der Waals surface area contributed by atoms with E-state index in [-0.39, 0.29) is 6.10 Å². The molecule has 5 nitrogen and oxygen atoms in total. The van der Waals surface area contributed by atoms with Crippen molar-refractivity contribution in [1.29, 1.82) is 0 Å². The Hall–Kier alpha value is -1.40. The van der Waals surface area contributed by atoms with Crippen LogP contribution in [0.1, 0.15) is 30.7 Å². The zero-order valence-electron chi connectivity index (χ0n) is 10.1. The predicted octanol–water partition coefficient (Wildman–Crippen LogP) is 2.79. The SMILES string of the molecule is CCOC(C)c1noc(-c2cc(C)sc2N)n1. The number of aryl methyl sites for hydroxylation is 1. The van der Waals surface area contributed by atoms with Gasteiger partial charge >= 0.3 is 0 Å². The number of anilines is 1. The van der Waals surface area contributed by atoms with E-state index in [0.717, 1.165) is 10.4 Å². The van der Waals surface area contributed by atoms with Crippen LogP contribution in [0.25, 0.3) is 11.5 Å². The van der Waals surface area contributed by atoms with Gasteiger partial charge in [-0.05, 0) is 26.8 Å². The predicted molar refractivity (Wildman–Crippen MR) is 66.8 cm³/mol. The summed E-state index contributed by atoms with van der Waals surface area (Å²) in [6.07, 6.45) is -0.168. The number of aromatic nitrogens is 2. The monoisotopic (exact) mass is 253 g/mol. The Bertz CT molecular complexity index is 507. The summed E-state index contributed by atoms with van der Waals surface area (Å²) in [4.78, 5) is 5.42. The van der Waals surface area contributed by atoms with Gasteiger partial charge in [0, 0.05) is 11.5 Å². The molecule has 0 fully saturated rings. The van der Waals surface area contributed by atoms with Gasteiger partial charge in [0.25, 0.3) is 5.89 Å². The van der Waals surface area contributed by atoms with Gasteiger partial charge in [0.05, 0.1) is 10.6 Å². The molecular formula is C11H15N3O2S. The van der Waals surface area contributed by atoms with E-state index in [1.807, 2.05) is 26.8 Å². The van der Waals surface area contributed by atoms with Gasteiger partial charge in [0.1, 0.15) is 6.10 Å². The highest BCUT2D eigenvalue weighted by atomic mass is 32.1. The summed E-state index contributed by atoms with van der Waals surface area (Å²) in [6, 6.07) is 1.95. The van der Waals surface area contributed by atoms with Crippen LogP contribution in [0.4, 0.5) is 5.00 Å². The Morgan fingerprint density at radius 2 is 2.35 bits per heavy atom. The number of ether oxygens (including phenoxy) is 1. The maximum absolute atomic E-state index is 5.88. The van der Waals surface area contributed by atoms with E-state index in [9.17, 15) is 0 Å². The summed E-state index contributed by atoms with van der Waals surface area (Å²) in [5, 5.41) is 4.60. The number of nitrogens with zero attached hydrogens (tertiary/aromatic N) is 2. The van der Waals surface area contributed by atoms with E-state index in [0.29, 0.717) is 23.3 Å². The first-order valence-corrected chi connectivity index (χ1v) is 6.25. The Kier molecular flexibility index (Phi) is 3.44. The molecule has 0 bridgehead atoms. The lowest BCUT2D eigenvalue weighted by Gasteiger charge is -2.04. The second-order valence-electron chi connectivity index (χ2n) is 3.69. The third kappa shape index (κ3) is 2.48. The first kappa shape index (κ1) is 12.1. The average molecular weight is 253 g/mol. The molecule has 2 aromatic heterocycles. The van der Waals surface area contributed by atoms with Gasteiger partial charge in [-0.25, -0.2) is 0 Å². The lowest BCUT2D eigenvalue weighted by atomic mass is 10.3. The van der Waals surface area contributed by atoms with E-state index in [4.69, 9.17) is 15.0 Å². The van der Waals surface area contributed by atoms with Crippen LogP contribution in [-0.2, 0) is 4.74 Å². The molecule has 0 radical (unpaired) electrons. The number of rotatable bonds is 4. The van der Waals surface area contributed by atoms with Crippen molar-refractivity contribution >= 4 is 16.3 Å². The maximum Gasteiger partial charge on any atom is 0.261 e. The van der Waals surface area contributed by atoms with Crippen LogP contribution < -0.4 is 5.73 Å². The molecule has 0 aliphatic heterocycles. The minimum Gasteiger partial charge on any atom is -0.390 e. The summed E-state index contributed by atoms with van der Waals surface area (Å²) < 4.78 is 10.6. The molecule has 0 amide bonds. The molecule has 0 aromatic carbocycles. The first-order chi connectivity index (χ1) is 8.11. The molecule has 92 valence electrons. The number of nitrogens with two attached hydrogens (primary N) is 1. The molecule has 2 heterocycles. The van der Waals surface area contributed by atoms with Crippen molar-refractivity contribution in [3.63, 3.8) is 0 Å². The summed E-state index contributed by atoms with van der Waals surface area (Å²) >= 11 is 1.51. The second kappa shape index (κ2) is 4.85. The highest BCUT2D eigenvalue weighted by Gasteiger charge is 2.17. The Morgan fingerprint density at radius 3 is 2.94 bits per heavy atom. The number of thiophene rings is 1. The quantitative estimate of drug-likeness (QED) is 0.906. The maximum atomic E-state index is 5.88. The molecule has 17 heavy (non-hydrogen) atoms. The lowest BCUT2D eigenvalue weighted by molar-refractivity contribution is 0.0683. The van der Waals surface area contributed by atoms with E-state index in [1.54, 1.807) is 0 Å². The zero-order valence-corrected chi connectivity index (χ0v) is 10.9. The summed E-state index contributed by atoms with van der Waals surface area (Å²) in [7, 11) is 0. The fraction of sp³-hybridized carbons (Fsp3) is 0.455. The molecule has 2 rings (SSSR count). The van der Waals surface area contributed by atoms with E-state index < -0.39 is 0 Å². The van der Waals surface area contributed by atoms with Crippen LogP contribution in [0, 0.1) is 6.92 Å². The third-order valence-electron chi connectivity index (χ3n) is 2.34. The van der Waals surface area contributed by atoms with E-state index in [2.05, 4.69) is 10.1 Å². The van der Waals surface area contributed by atoms with Crippen molar-refractivity contribution in [2.24, 2.45) is 0 Å². The standard InChI is InChI=1S/C11H15N3O2S/c1-4-15-7(3)10-13-11(16-14-10)8-5-6(2)17-9(8)12/h5,7H,4,12H2,1-3H3. The molecule has 2 aromatic rings. The van der Waals surface area contributed by atoms with Gasteiger partial charge in [-0.2, -0.15) is 4.98 Å². The lowest BCUT2D eigenvalue weighted by Crippen LogP contribution is -2.01. The van der Waals surface area contributed by atoms with Crippen LogP contribution in [-0.4, -0.2) is 16.7 Å². The van der Waals surface area contributed by atoms with E-state index in [1.165, 1.54) is 11.3 Å². The summed E-state index contributed by atoms with van der Waals surface area (Å²) in [5.74, 6) is 0.999. The van der Waals surface area contributed by atoms with Crippen LogP contribution in [0.5, 0.6) is 0 Å². The molecule has 6 heteroatoms. The van der Waals surface area contributed by atoms with Gasteiger partial charge in [-0.3, -0.25) is 0 Å². The highest BCUT2D eigenvalue weighted by molar-refractivity contribution is 7.16. The molecule has 0 spiro atoms. The minimum absolute atomic E-state index is 0.168. The molecule has 1 unspecified atom stereocenters. The fourth-order valence-electron chi connectivity index (χ4n) is 1.53. The van der Waals surface area contributed by atoms with Gasteiger partial charge in [-0.1, -0.05) is 5.16 Å². The molecule has 0 aliphatic carbocycles. The molecule has 0 aliphatic rings. The molecule has 0 saturated heterocycles. The third-order valence-corrected chi connectivity index (χ3v) is 3.22. The Balaban J connectivity index is 2.26.